The molecule has 0 aliphatic carbocycles. The van der Waals surface area contributed by atoms with E-state index in [4.69, 9.17) is 0 Å². The van der Waals surface area contributed by atoms with Gasteiger partial charge >= 0.3 is 0 Å². The molecule has 2 heteroatoms. The van der Waals surface area contributed by atoms with Gasteiger partial charge in [-0.2, -0.15) is 0 Å². The first-order chi connectivity index (χ1) is 15.5. The van der Waals surface area contributed by atoms with Crippen molar-refractivity contribution < 1.29 is 0 Å². The van der Waals surface area contributed by atoms with Crippen LogP contribution in [0.1, 0.15) is 86.5 Å². The molecule has 4 rings (SSSR count). The normalized spacial score (nSPS) is 20.7. The van der Waals surface area contributed by atoms with Crippen molar-refractivity contribution in [3.05, 3.63) is 58.7 Å². The molecule has 0 saturated carbocycles. The fourth-order valence-electron chi connectivity index (χ4n) is 6.91. The van der Waals surface area contributed by atoms with Crippen LogP contribution >= 0.6 is 7.92 Å². The van der Waals surface area contributed by atoms with E-state index < -0.39 is 0 Å². The quantitative estimate of drug-likeness (QED) is 0.206. The highest BCUT2D eigenvalue weighted by molar-refractivity contribution is 7.73. The Kier molecular flexibility index (Phi) is 8.56. The van der Waals surface area contributed by atoms with Crippen LogP contribution in [-0.4, -0.2) is 12.9 Å². The zero-order valence-electron chi connectivity index (χ0n) is 21.1. The lowest BCUT2D eigenvalue weighted by atomic mass is 9.26. The summed E-state index contributed by atoms with van der Waals surface area (Å²) in [6.45, 7) is 10.1. The predicted octanol–water partition coefficient (Wildman–Crippen LogP) is 8.52. The first-order valence-electron chi connectivity index (χ1n) is 13.4. The van der Waals surface area contributed by atoms with Crippen LogP contribution in [0.25, 0.3) is 0 Å². The Morgan fingerprint density at radius 1 is 0.625 bits per heavy atom. The third-order valence-electron chi connectivity index (χ3n) is 8.22. The zero-order chi connectivity index (χ0) is 22.5. The lowest BCUT2D eigenvalue weighted by Crippen LogP contribution is -2.34. The fourth-order valence-corrected chi connectivity index (χ4v) is 9.70. The molecule has 2 aromatic rings. The molecule has 0 amide bonds. The molecule has 2 aliphatic rings. The minimum absolute atomic E-state index is 0.257. The van der Waals surface area contributed by atoms with Crippen LogP contribution in [-0.2, 0) is 0 Å². The van der Waals surface area contributed by atoms with E-state index in [-0.39, 0.29) is 7.92 Å². The van der Waals surface area contributed by atoms with E-state index in [1.807, 2.05) is 0 Å². The van der Waals surface area contributed by atoms with E-state index in [1.165, 1.54) is 98.9 Å². The van der Waals surface area contributed by atoms with E-state index in [1.54, 1.807) is 10.6 Å². The van der Waals surface area contributed by atoms with Gasteiger partial charge in [0.1, 0.15) is 6.71 Å². The number of unbranched alkanes of at least 4 members (excludes halogenated alkanes) is 3. The number of hydrogen-bond acceptors (Lipinski definition) is 0. The van der Waals surface area contributed by atoms with Gasteiger partial charge in [-0.05, 0) is 58.8 Å². The van der Waals surface area contributed by atoms with Gasteiger partial charge in [0, 0.05) is 0 Å². The van der Waals surface area contributed by atoms with Crippen molar-refractivity contribution in [3.8, 4) is 0 Å². The molecule has 0 radical (unpaired) electrons. The van der Waals surface area contributed by atoms with Crippen LogP contribution in [0, 0.1) is 27.7 Å². The lowest BCUT2D eigenvalue weighted by Gasteiger charge is -2.40. The third kappa shape index (κ3) is 6.29. The van der Waals surface area contributed by atoms with Crippen molar-refractivity contribution in [1.82, 2.24) is 0 Å². The van der Waals surface area contributed by atoms with Crippen molar-refractivity contribution in [3.63, 3.8) is 0 Å². The molecular weight excluding hydrogens is 402 g/mol. The van der Waals surface area contributed by atoms with Gasteiger partial charge in [-0.15, -0.1) is 0 Å². The number of aryl methyl sites for hydroxylation is 4. The van der Waals surface area contributed by atoms with Crippen molar-refractivity contribution in [2.75, 3.05) is 6.16 Å². The monoisotopic (exact) mass is 446 g/mol. The largest absolute Gasteiger partial charge is 0.146 e. The van der Waals surface area contributed by atoms with Gasteiger partial charge in [0.05, 0.1) is 0 Å². The topological polar surface area (TPSA) is 0 Å². The molecule has 0 nitrogen and oxygen atoms in total. The molecular formula is C30H44BP. The molecule has 0 N–H and O–H groups in total. The van der Waals surface area contributed by atoms with Crippen molar-refractivity contribution >= 4 is 25.2 Å². The van der Waals surface area contributed by atoms with Crippen LogP contribution in [0.15, 0.2) is 36.4 Å². The Morgan fingerprint density at radius 3 is 1.53 bits per heavy atom. The average molecular weight is 446 g/mol. The molecule has 2 heterocycles. The summed E-state index contributed by atoms with van der Waals surface area (Å²) in [5.74, 6) is 2.17. The van der Waals surface area contributed by atoms with Crippen LogP contribution in [0.4, 0.5) is 0 Å². The Morgan fingerprint density at radius 2 is 1.06 bits per heavy atom. The molecule has 2 saturated heterocycles. The highest BCUT2D eigenvalue weighted by Gasteiger charge is 2.38. The average Bonchev–Trinajstić information content (AvgIpc) is 2.71. The Bertz CT molecular complexity index is 774. The highest BCUT2D eigenvalue weighted by atomic mass is 31.1. The highest BCUT2D eigenvalue weighted by Crippen LogP contribution is 2.48. The maximum atomic E-state index is 2.46. The van der Waals surface area contributed by atoms with Crippen LogP contribution in [0.5, 0.6) is 0 Å². The zero-order valence-corrected chi connectivity index (χ0v) is 22.0. The van der Waals surface area contributed by atoms with Crippen LogP contribution in [0.3, 0.4) is 0 Å². The summed E-state index contributed by atoms with van der Waals surface area (Å²) in [6.07, 6.45) is 17.8. The SMILES string of the molecule is Cc1cc(C)cc(P(CCCCCCB2C3CCCC2CCC3)c2cc(C)cc(C)c2)c1. The minimum Gasteiger partial charge on any atom is -0.0737 e. The van der Waals surface area contributed by atoms with Gasteiger partial charge in [-0.25, -0.2) is 0 Å². The van der Waals surface area contributed by atoms with Gasteiger partial charge in [0.25, 0.3) is 0 Å². The Labute approximate surface area is 199 Å². The Balaban J connectivity index is 1.33. The smallest absolute Gasteiger partial charge is 0.0737 e. The van der Waals surface area contributed by atoms with E-state index >= 15 is 0 Å². The fraction of sp³-hybridized carbons (Fsp3) is 0.600. The summed E-state index contributed by atoms with van der Waals surface area (Å²) in [7, 11) is -0.257. The summed E-state index contributed by atoms with van der Waals surface area (Å²) in [5.41, 5.74) is 5.65. The summed E-state index contributed by atoms with van der Waals surface area (Å²) in [4.78, 5) is 0. The Hall–Kier alpha value is -1.07. The summed E-state index contributed by atoms with van der Waals surface area (Å²) < 4.78 is 0. The molecule has 0 unspecified atom stereocenters. The van der Waals surface area contributed by atoms with Crippen molar-refractivity contribution in [1.29, 1.82) is 0 Å². The molecule has 2 fully saturated rings. The van der Waals surface area contributed by atoms with Gasteiger partial charge in [-0.3, -0.25) is 0 Å². The van der Waals surface area contributed by atoms with Gasteiger partial charge < -0.3 is 0 Å². The number of hydrogen-bond donors (Lipinski definition) is 0. The lowest BCUT2D eigenvalue weighted by molar-refractivity contribution is 0.439. The molecule has 2 bridgehead atoms. The van der Waals surface area contributed by atoms with Gasteiger partial charge in [-0.1, -0.05) is 134 Å². The standard InChI is InChI=1S/C30H44BP/c1-23-17-24(2)20-29(19-23)32(30-21-25(3)18-26(4)22-30)16-8-6-5-7-15-31-27-11-9-12-28(31)14-10-13-27/h17-22,27-28H,5-16H2,1-4H3. The molecule has 0 atom stereocenters. The second kappa shape index (κ2) is 11.4. The van der Waals surface area contributed by atoms with Gasteiger partial charge in [0.15, 0.2) is 0 Å². The summed E-state index contributed by atoms with van der Waals surface area (Å²) in [6, 6.07) is 14.5. The molecule has 2 aromatic carbocycles. The molecule has 172 valence electrons. The predicted molar refractivity (Wildman–Crippen MR) is 147 cm³/mol. The maximum absolute atomic E-state index is 2.46. The van der Waals surface area contributed by atoms with Gasteiger partial charge in [0.2, 0.25) is 0 Å². The number of benzene rings is 2. The molecule has 0 aromatic heterocycles. The number of fused-ring (bicyclic) bond motifs is 2. The van der Waals surface area contributed by atoms with Crippen LogP contribution < -0.4 is 10.6 Å². The third-order valence-corrected chi connectivity index (χ3v) is 10.7. The maximum Gasteiger partial charge on any atom is 0.146 e. The van der Waals surface area contributed by atoms with E-state index in [2.05, 4.69) is 64.1 Å². The molecule has 0 spiro atoms. The molecule has 2 aliphatic heterocycles. The number of rotatable bonds is 9. The van der Waals surface area contributed by atoms with Crippen molar-refractivity contribution in [2.45, 2.75) is 110 Å². The summed E-state index contributed by atoms with van der Waals surface area (Å²) >= 11 is 0. The van der Waals surface area contributed by atoms with E-state index in [0.29, 0.717) is 0 Å². The summed E-state index contributed by atoms with van der Waals surface area (Å²) in [5, 5.41) is 3.16. The molecule has 32 heavy (non-hydrogen) atoms. The van der Waals surface area contributed by atoms with Crippen molar-refractivity contribution in [2.24, 2.45) is 0 Å². The second-order valence-electron chi connectivity index (χ2n) is 11.1. The minimum atomic E-state index is -0.257. The first kappa shape index (κ1) is 24.1. The first-order valence-corrected chi connectivity index (χ1v) is 15.0. The van der Waals surface area contributed by atoms with Crippen LogP contribution in [0.2, 0.25) is 18.0 Å². The second-order valence-corrected chi connectivity index (χ2v) is 13.4. The van der Waals surface area contributed by atoms with E-state index in [0.717, 1.165) is 18.3 Å². The van der Waals surface area contributed by atoms with E-state index in [9.17, 15) is 0 Å².